The number of ether oxygens (including phenoxy) is 1. The van der Waals surface area contributed by atoms with Gasteiger partial charge in [0.1, 0.15) is 12.6 Å². The molecule has 2 rings (SSSR count). The van der Waals surface area contributed by atoms with E-state index in [9.17, 15) is 14.4 Å². The smallest absolute Gasteiger partial charge is 0.328 e. The van der Waals surface area contributed by atoms with Gasteiger partial charge in [-0.2, -0.15) is 0 Å². The summed E-state index contributed by atoms with van der Waals surface area (Å²) in [4.78, 5) is 39.1. The van der Waals surface area contributed by atoms with Crippen LogP contribution in [0, 0.1) is 13.8 Å². The van der Waals surface area contributed by atoms with Crippen molar-refractivity contribution >= 4 is 35.1 Å². The van der Waals surface area contributed by atoms with Crippen LogP contribution in [-0.2, 0) is 14.3 Å². The van der Waals surface area contributed by atoms with Crippen LogP contribution in [0.5, 0.6) is 0 Å². The Hall–Kier alpha value is -2.86. The topological polar surface area (TPSA) is 75.7 Å². The van der Waals surface area contributed by atoms with Gasteiger partial charge in [-0.15, -0.1) is 0 Å². The van der Waals surface area contributed by atoms with Crippen LogP contribution in [-0.4, -0.2) is 37.0 Å². The molecule has 2 aromatic rings. The van der Waals surface area contributed by atoms with Crippen LogP contribution in [0.1, 0.15) is 35.3 Å². The summed E-state index contributed by atoms with van der Waals surface area (Å²) in [6, 6.07) is 11.3. The van der Waals surface area contributed by atoms with Gasteiger partial charge in [0.05, 0.1) is 12.3 Å². The monoisotopic (exact) mass is 416 g/mol. The Labute approximate surface area is 175 Å². The molecule has 0 heterocycles. The van der Waals surface area contributed by atoms with Crippen molar-refractivity contribution in [3.8, 4) is 0 Å². The van der Waals surface area contributed by atoms with E-state index in [1.54, 1.807) is 38.1 Å². The van der Waals surface area contributed by atoms with Gasteiger partial charge in [-0.1, -0.05) is 29.8 Å². The molecular formula is C22H25ClN2O4. The van der Waals surface area contributed by atoms with Crippen molar-refractivity contribution in [1.82, 2.24) is 5.32 Å². The second-order valence-corrected chi connectivity index (χ2v) is 7.12. The molecule has 1 unspecified atom stereocenters. The van der Waals surface area contributed by atoms with E-state index in [1.165, 1.54) is 4.90 Å². The van der Waals surface area contributed by atoms with Crippen molar-refractivity contribution < 1.29 is 19.1 Å². The number of nitrogens with one attached hydrogen (secondary N) is 1. The minimum atomic E-state index is -0.812. The summed E-state index contributed by atoms with van der Waals surface area (Å²) in [5, 5.41) is 3.11. The molecule has 2 amide bonds. The number of rotatable bonds is 7. The summed E-state index contributed by atoms with van der Waals surface area (Å²) in [5.74, 6) is -1.32. The lowest BCUT2D eigenvalue weighted by Crippen LogP contribution is -2.46. The van der Waals surface area contributed by atoms with Crippen LogP contribution >= 0.6 is 11.6 Å². The molecule has 0 aliphatic heterocycles. The zero-order valence-electron chi connectivity index (χ0n) is 17.0. The lowest BCUT2D eigenvalue weighted by atomic mass is 10.1. The number of anilines is 1. The zero-order chi connectivity index (χ0) is 21.6. The molecule has 0 saturated carbocycles. The predicted molar refractivity (Wildman–Crippen MR) is 113 cm³/mol. The molecule has 0 aliphatic carbocycles. The van der Waals surface area contributed by atoms with Crippen LogP contribution in [0.4, 0.5) is 5.69 Å². The highest BCUT2D eigenvalue weighted by molar-refractivity contribution is 6.30. The van der Waals surface area contributed by atoms with Crippen LogP contribution in [0.25, 0.3) is 0 Å². The third-order valence-corrected chi connectivity index (χ3v) is 4.62. The Balaban J connectivity index is 2.32. The van der Waals surface area contributed by atoms with Gasteiger partial charge in [0.2, 0.25) is 5.91 Å². The van der Waals surface area contributed by atoms with E-state index >= 15 is 0 Å². The molecule has 154 valence electrons. The predicted octanol–water partition coefficient (Wildman–Crippen LogP) is 3.67. The number of carbonyl (C=O) groups is 3. The average Bonchev–Trinajstić information content (AvgIpc) is 2.67. The molecule has 29 heavy (non-hydrogen) atoms. The largest absolute Gasteiger partial charge is 0.464 e. The number of carbonyl (C=O) groups excluding carboxylic acids is 3. The quantitative estimate of drug-likeness (QED) is 0.699. The maximum atomic E-state index is 13.2. The number of benzene rings is 2. The highest BCUT2D eigenvalue weighted by Crippen LogP contribution is 2.26. The first-order chi connectivity index (χ1) is 13.7. The lowest BCUT2D eigenvalue weighted by molar-refractivity contribution is -0.146. The molecule has 1 N–H and O–H groups in total. The highest BCUT2D eigenvalue weighted by atomic mass is 35.5. The Morgan fingerprint density at radius 3 is 2.21 bits per heavy atom. The van der Waals surface area contributed by atoms with Crippen molar-refractivity contribution in [3.05, 3.63) is 64.2 Å². The first kappa shape index (κ1) is 22.4. The van der Waals surface area contributed by atoms with E-state index in [4.69, 9.17) is 16.3 Å². The van der Waals surface area contributed by atoms with E-state index in [2.05, 4.69) is 5.32 Å². The number of para-hydroxylation sites is 1. The number of hydrogen-bond donors (Lipinski definition) is 1. The van der Waals surface area contributed by atoms with E-state index in [1.807, 2.05) is 32.0 Å². The molecule has 1 atom stereocenters. The second-order valence-electron chi connectivity index (χ2n) is 6.68. The van der Waals surface area contributed by atoms with E-state index in [0.717, 1.165) is 11.1 Å². The fraction of sp³-hybridized carbons (Fsp3) is 0.318. The van der Waals surface area contributed by atoms with Gasteiger partial charge in [-0.3, -0.25) is 14.5 Å². The summed E-state index contributed by atoms with van der Waals surface area (Å²) in [6.45, 7) is 6.98. The number of halogens is 1. The maximum Gasteiger partial charge on any atom is 0.328 e. The van der Waals surface area contributed by atoms with Crippen LogP contribution in [0.15, 0.2) is 42.5 Å². The first-order valence-corrected chi connectivity index (χ1v) is 9.72. The van der Waals surface area contributed by atoms with Crippen LogP contribution in [0.2, 0.25) is 5.02 Å². The third-order valence-electron chi connectivity index (χ3n) is 4.37. The Morgan fingerprint density at radius 2 is 1.66 bits per heavy atom. The van der Waals surface area contributed by atoms with Crippen molar-refractivity contribution in [2.45, 2.75) is 33.7 Å². The summed E-state index contributed by atoms with van der Waals surface area (Å²) >= 11 is 5.93. The number of hydrogen-bond acceptors (Lipinski definition) is 4. The Morgan fingerprint density at radius 1 is 1.07 bits per heavy atom. The first-order valence-electron chi connectivity index (χ1n) is 9.34. The van der Waals surface area contributed by atoms with Gasteiger partial charge >= 0.3 is 5.97 Å². The normalized spacial score (nSPS) is 11.5. The molecule has 0 aliphatic rings. The summed E-state index contributed by atoms with van der Waals surface area (Å²) in [5.41, 5.74) is 2.78. The third kappa shape index (κ3) is 5.81. The molecule has 7 heteroatoms. The van der Waals surface area contributed by atoms with Crippen molar-refractivity contribution in [2.75, 3.05) is 18.1 Å². The number of nitrogens with zero attached hydrogens (tertiary/aromatic N) is 1. The van der Waals surface area contributed by atoms with Gasteiger partial charge in [-0.25, -0.2) is 4.79 Å². The van der Waals surface area contributed by atoms with E-state index in [0.29, 0.717) is 16.3 Å². The van der Waals surface area contributed by atoms with Crippen LogP contribution in [0.3, 0.4) is 0 Å². The molecule has 0 aromatic heterocycles. The van der Waals surface area contributed by atoms with Gasteiger partial charge in [-0.05, 0) is 63.1 Å². The molecule has 0 fully saturated rings. The van der Waals surface area contributed by atoms with Gasteiger partial charge in [0.15, 0.2) is 0 Å². The molecule has 0 spiro atoms. The SMILES string of the molecule is CCOC(=O)C(C)NC(=O)CN(C(=O)c1ccc(Cl)cc1)c1c(C)cccc1C. The van der Waals surface area contributed by atoms with Crippen molar-refractivity contribution in [2.24, 2.45) is 0 Å². The lowest BCUT2D eigenvalue weighted by Gasteiger charge is -2.26. The van der Waals surface area contributed by atoms with E-state index < -0.39 is 17.9 Å². The molecular weight excluding hydrogens is 392 g/mol. The zero-order valence-corrected chi connectivity index (χ0v) is 17.7. The Bertz CT molecular complexity index is 876. The fourth-order valence-electron chi connectivity index (χ4n) is 2.99. The molecule has 6 nitrogen and oxygen atoms in total. The van der Waals surface area contributed by atoms with Crippen molar-refractivity contribution in [3.63, 3.8) is 0 Å². The van der Waals surface area contributed by atoms with Crippen molar-refractivity contribution in [1.29, 1.82) is 0 Å². The molecule has 0 bridgehead atoms. The second kappa shape index (κ2) is 10.1. The minimum Gasteiger partial charge on any atom is -0.464 e. The number of esters is 1. The minimum absolute atomic E-state index is 0.225. The van der Waals surface area contributed by atoms with Gasteiger partial charge in [0, 0.05) is 10.6 Å². The summed E-state index contributed by atoms with van der Waals surface area (Å²) in [7, 11) is 0. The summed E-state index contributed by atoms with van der Waals surface area (Å²) in [6.07, 6.45) is 0. The van der Waals surface area contributed by atoms with Crippen LogP contribution < -0.4 is 10.2 Å². The standard InChI is InChI=1S/C22H25ClN2O4/c1-5-29-22(28)16(4)24-19(26)13-25(20-14(2)7-6-8-15(20)3)21(27)17-9-11-18(23)12-10-17/h6-12,16H,5,13H2,1-4H3,(H,24,26). The van der Waals surface area contributed by atoms with E-state index in [-0.39, 0.29) is 19.1 Å². The van der Waals surface area contributed by atoms with Gasteiger partial charge < -0.3 is 10.1 Å². The maximum absolute atomic E-state index is 13.2. The number of aryl methyl sites for hydroxylation is 2. The number of amides is 2. The molecule has 2 aromatic carbocycles. The fourth-order valence-corrected chi connectivity index (χ4v) is 3.12. The van der Waals surface area contributed by atoms with Gasteiger partial charge in [0.25, 0.3) is 5.91 Å². The Kier molecular flexibility index (Phi) is 7.79. The molecule has 0 saturated heterocycles. The summed E-state index contributed by atoms with van der Waals surface area (Å²) < 4.78 is 4.91. The highest BCUT2D eigenvalue weighted by Gasteiger charge is 2.25. The molecule has 0 radical (unpaired) electrons. The average molecular weight is 417 g/mol.